The molecule has 0 saturated carbocycles. The molecule has 0 spiro atoms. The van der Waals surface area contributed by atoms with E-state index in [0.29, 0.717) is 6.54 Å². The van der Waals surface area contributed by atoms with E-state index in [2.05, 4.69) is 11.9 Å². The summed E-state index contributed by atoms with van der Waals surface area (Å²) in [5.74, 6) is -0.804. The number of benzene rings is 1. The predicted octanol–water partition coefficient (Wildman–Crippen LogP) is 2.22. The van der Waals surface area contributed by atoms with Crippen molar-refractivity contribution in [3.63, 3.8) is 0 Å². The highest BCUT2D eigenvalue weighted by Gasteiger charge is 2.02. The summed E-state index contributed by atoms with van der Waals surface area (Å²) in [6.45, 7) is 6.28. The van der Waals surface area contributed by atoms with Gasteiger partial charge in [0.25, 0.3) is 0 Å². The van der Waals surface area contributed by atoms with Crippen LogP contribution in [0.2, 0.25) is 0 Å². The van der Waals surface area contributed by atoms with E-state index in [1.807, 2.05) is 25.1 Å². The van der Waals surface area contributed by atoms with Crippen molar-refractivity contribution < 1.29 is 9.90 Å². The highest BCUT2D eigenvalue weighted by molar-refractivity contribution is 5.70. The molecule has 0 aromatic heterocycles. The van der Waals surface area contributed by atoms with Gasteiger partial charge in [-0.1, -0.05) is 18.2 Å². The Kier molecular flexibility index (Phi) is 3.92. The number of carboxylic acids is 1. The Morgan fingerprint density at radius 2 is 2.33 bits per heavy atom. The van der Waals surface area contributed by atoms with Gasteiger partial charge in [-0.3, -0.25) is 4.79 Å². The van der Waals surface area contributed by atoms with Gasteiger partial charge in [0.2, 0.25) is 0 Å². The van der Waals surface area contributed by atoms with E-state index in [1.54, 1.807) is 6.08 Å². The van der Waals surface area contributed by atoms with Crippen molar-refractivity contribution in [1.82, 2.24) is 0 Å². The molecule has 0 bridgehead atoms. The lowest BCUT2D eigenvalue weighted by Crippen LogP contribution is -2.03. The van der Waals surface area contributed by atoms with E-state index in [1.165, 1.54) is 0 Å². The van der Waals surface area contributed by atoms with Gasteiger partial charge in [0.05, 0.1) is 6.42 Å². The van der Waals surface area contributed by atoms with Gasteiger partial charge in [-0.15, -0.1) is 6.58 Å². The van der Waals surface area contributed by atoms with Crippen LogP contribution in [-0.4, -0.2) is 17.6 Å². The third-order valence-electron chi connectivity index (χ3n) is 2.08. The molecule has 0 fully saturated rings. The molecule has 1 rings (SSSR count). The normalized spacial score (nSPS) is 9.67. The number of carboxylic acid groups (broad SMARTS) is 1. The monoisotopic (exact) mass is 205 g/mol. The van der Waals surface area contributed by atoms with Gasteiger partial charge < -0.3 is 10.4 Å². The highest BCUT2D eigenvalue weighted by atomic mass is 16.4. The fraction of sp³-hybridized carbons (Fsp3) is 0.250. The van der Waals surface area contributed by atoms with Crippen molar-refractivity contribution in [3.05, 3.63) is 42.0 Å². The molecule has 0 unspecified atom stereocenters. The van der Waals surface area contributed by atoms with Gasteiger partial charge in [0, 0.05) is 12.2 Å². The van der Waals surface area contributed by atoms with Crippen LogP contribution in [0, 0.1) is 6.92 Å². The molecule has 0 amide bonds. The van der Waals surface area contributed by atoms with Gasteiger partial charge in [-0.25, -0.2) is 0 Å². The van der Waals surface area contributed by atoms with Crippen LogP contribution in [0.1, 0.15) is 11.1 Å². The fourth-order valence-electron chi connectivity index (χ4n) is 1.39. The minimum Gasteiger partial charge on any atom is -0.481 e. The van der Waals surface area contributed by atoms with Crippen molar-refractivity contribution in [2.75, 3.05) is 11.9 Å². The van der Waals surface area contributed by atoms with Crippen molar-refractivity contribution in [2.24, 2.45) is 0 Å². The van der Waals surface area contributed by atoms with Crippen LogP contribution in [0.15, 0.2) is 30.9 Å². The van der Waals surface area contributed by atoms with Crippen LogP contribution in [0.4, 0.5) is 5.69 Å². The molecule has 0 saturated heterocycles. The van der Waals surface area contributed by atoms with Crippen LogP contribution in [0.25, 0.3) is 0 Å². The van der Waals surface area contributed by atoms with E-state index in [-0.39, 0.29) is 6.42 Å². The first-order valence-electron chi connectivity index (χ1n) is 4.79. The number of rotatable bonds is 5. The number of nitrogens with one attached hydrogen (secondary N) is 1. The van der Waals surface area contributed by atoms with Gasteiger partial charge in [0.1, 0.15) is 0 Å². The predicted molar refractivity (Wildman–Crippen MR) is 61.2 cm³/mol. The molecular formula is C12H15NO2. The molecule has 80 valence electrons. The maximum atomic E-state index is 10.5. The van der Waals surface area contributed by atoms with E-state index < -0.39 is 5.97 Å². The van der Waals surface area contributed by atoms with Crippen LogP contribution < -0.4 is 5.32 Å². The fourth-order valence-corrected chi connectivity index (χ4v) is 1.39. The summed E-state index contributed by atoms with van der Waals surface area (Å²) in [5.41, 5.74) is 2.89. The van der Waals surface area contributed by atoms with Gasteiger partial charge in [-0.2, -0.15) is 0 Å². The molecule has 3 heteroatoms. The summed E-state index contributed by atoms with van der Waals surface area (Å²) in [7, 11) is 0. The maximum Gasteiger partial charge on any atom is 0.307 e. The van der Waals surface area contributed by atoms with Crippen molar-refractivity contribution in [3.8, 4) is 0 Å². The SMILES string of the molecule is C=CCNc1ccc(CC(=O)O)cc1C. The Morgan fingerprint density at radius 1 is 1.60 bits per heavy atom. The lowest BCUT2D eigenvalue weighted by molar-refractivity contribution is -0.136. The van der Waals surface area contributed by atoms with E-state index in [9.17, 15) is 4.79 Å². The zero-order valence-corrected chi connectivity index (χ0v) is 8.79. The summed E-state index contributed by atoms with van der Waals surface area (Å²) < 4.78 is 0. The third kappa shape index (κ3) is 3.46. The van der Waals surface area contributed by atoms with E-state index >= 15 is 0 Å². The second-order valence-electron chi connectivity index (χ2n) is 3.39. The first kappa shape index (κ1) is 11.3. The highest BCUT2D eigenvalue weighted by Crippen LogP contribution is 2.16. The molecule has 0 radical (unpaired) electrons. The first-order valence-corrected chi connectivity index (χ1v) is 4.79. The zero-order chi connectivity index (χ0) is 11.3. The minimum absolute atomic E-state index is 0.0720. The number of aryl methyl sites for hydroxylation is 1. The number of hydrogen-bond acceptors (Lipinski definition) is 2. The van der Waals surface area contributed by atoms with Crippen LogP contribution in [0.3, 0.4) is 0 Å². The largest absolute Gasteiger partial charge is 0.481 e. The Bertz CT molecular complexity index is 372. The van der Waals surface area contributed by atoms with Gasteiger partial charge >= 0.3 is 5.97 Å². The van der Waals surface area contributed by atoms with Crippen molar-refractivity contribution in [2.45, 2.75) is 13.3 Å². The maximum absolute atomic E-state index is 10.5. The Labute approximate surface area is 89.4 Å². The van der Waals surface area contributed by atoms with Crippen LogP contribution in [-0.2, 0) is 11.2 Å². The van der Waals surface area contributed by atoms with Gasteiger partial charge in [0.15, 0.2) is 0 Å². The second-order valence-corrected chi connectivity index (χ2v) is 3.39. The third-order valence-corrected chi connectivity index (χ3v) is 2.08. The summed E-state index contributed by atoms with van der Waals surface area (Å²) in [6, 6.07) is 5.61. The number of carbonyl (C=O) groups is 1. The molecule has 0 aliphatic heterocycles. The van der Waals surface area contributed by atoms with Crippen LogP contribution >= 0.6 is 0 Å². The molecule has 3 nitrogen and oxygen atoms in total. The molecule has 15 heavy (non-hydrogen) atoms. The Morgan fingerprint density at radius 3 is 2.87 bits per heavy atom. The molecule has 2 N–H and O–H groups in total. The topological polar surface area (TPSA) is 49.3 Å². The van der Waals surface area contributed by atoms with E-state index in [4.69, 9.17) is 5.11 Å². The van der Waals surface area contributed by atoms with E-state index in [0.717, 1.165) is 16.8 Å². The zero-order valence-electron chi connectivity index (χ0n) is 8.79. The number of aliphatic carboxylic acids is 1. The summed E-state index contributed by atoms with van der Waals surface area (Å²) in [4.78, 5) is 10.5. The first-order chi connectivity index (χ1) is 7.13. The molecule has 0 aliphatic carbocycles. The Balaban J connectivity index is 2.78. The minimum atomic E-state index is -0.804. The Hall–Kier alpha value is -1.77. The van der Waals surface area contributed by atoms with Gasteiger partial charge in [-0.05, 0) is 24.1 Å². The van der Waals surface area contributed by atoms with Crippen LogP contribution in [0.5, 0.6) is 0 Å². The molecule has 1 aromatic carbocycles. The second kappa shape index (κ2) is 5.20. The summed E-state index contributed by atoms with van der Waals surface area (Å²) in [5, 5.41) is 11.8. The average molecular weight is 205 g/mol. The molecule has 1 aromatic rings. The quantitative estimate of drug-likeness (QED) is 0.725. The lowest BCUT2D eigenvalue weighted by Gasteiger charge is -2.08. The molecule has 0 aliphatic rings. The lowest BCUT2D eigenvalue weighted by atomic mass is 10.1. The van der Waals surface area contributed by atoms with Crippen molar-refractivity contribution >= 4 is 11.7 Å². The molecular weight excluding hydrogens is 190 g/mol. The van der Waals surface area contributed by atoms with Crippen molar-refractivity contribution in [1.29, 1.82) is 0 Å². The number of anilines is 1. The number of hydrogen-bond donors (Lipinski definition) is 2. The summed E-state index contributed by atoms with van der Waals surface area (Å²) >= 11 is 0. The smallest absolute Gasteiger partial charge is 0.307 e. The molecule has 0 atom stereocenters. The standard InChI is InChI=1S/C12H15NO2/c1-3-6-13-11-5-4-10(7-9(11)2)8-12(14)15/h3-5,7,13H,1,6,8H2,2H3,(H,14,15). The molecule has 0 heterocycles. The summed E-state index contributed by atoms with van der Waals surface area (Å²) in [6.07, 6.45) is 1.85. The average Bonchev–Trinajstić information content (AvgIpc) is 2.15.